The number of imide groups is 1. The third-order valence-corrected chi connectivity index (χ3v) is 8.77. The first-order chi connectivity index (χ1) is 20.7. The molecule has 0 spiro atoms. The van der Waals surface area contributed by atoms with Crippen LogP contribution in [0, 0.1) is 0 Å². The zero-order valence-electron chi connectivity index (χ0n) is 24.5. The lowest BCUT2D eigenvalue weighted by Crippen LogP contribution is -2.52. The fourth-order valence-corrected chi connectivity index (χ4v) is 6.62. The van der Waals surface area contributed by atoms with Crippen molar-refractivity contribution in [3.05, 3.63) is 59.3 Å². The molecule has 3 aromatic rings. The fourth-order valence-electron chi connectivity index (χ4n) is 6.62. The van der Waals surface area contributed by atoms with E-state index in [1.165, 1.54) is 5.56 Å². The van der Waals surface area contributed by atoms with Crippen molar-refractivity contribution in [2.45, 2.75) is 63.9 Å². The predicted molar refractivity (Wildman–Crippen MR) is 159 cm³/mol. The minimum Gasteiger partial charge on any atom is -0.489 e. The molecule has 2 aromatic carbocycles. The zero-order valence-corrected chi connectivity index (χ0v) is 24.5. The van der Waals surface area contributed by atoms with Crippen LogP contribution in [0.3, 0.4) is 0 Å². The number of rotatable bonds is 6. The van der Waals surface area contributed by atoms with Gasteiger partial charge in [-0.15, -0.1) is 0 Å². The number of benzene rings is 2. The Morgan fingerprint density at radius 1 is 1.09 bits per heavy atom. The molecule has 5 heterocycles. The number of hydrogen-bond acceptors (Lipinski definition) is 9. The summed E-state index contributed by atoms with van der Waals surface area (Å²) in [5.74, 6) is 0.608. The number of likely N-dealkylation sites (tertiary alicyclic amines) is 1. The molecule has 11 heteroatoms. The van der Waals surface area contributed by atoms with E-state index >= 15 is 0 Å². The van der Waals surface area contributed by atoms with Crippen LogP contribution in [0.5, 0.6) is 5.75 Å². The first-order valence-electron chi connectivity index (χ1n) is 15.0. The summed E-state index contributed by atoms with van der Waals surface area (Å²) in [6.45, 7) is 9.29. The van der Waals surface area contributed by atoms with Gasteiger partial charge in [0.15, 0.2) is 0 Å². The molecule has 43 heavy (non-hydrogen) atoms. The minimum absolute atomic E-state index is 0.0468. The number of fused-ring (bicyclic) bond motifs is 2. The highest BCUT2D eigenvalue weighted by Crippen LogP contribution is 2.31. The number of carbonyl (C=O) groups excluding carboxylic acids is 3. The molecule has 224 valence electrons. The summed E-state index contributed by atoms with van der Waals surface area (Å²) in [5, 5.41) is 3.37. The highest BCUT2D eigenvalue weighted by molar-refractivity contribution is 6.05. The molecule has 0 radical (unpaired) electrons. The van der Waals surface area contributed by atoms with E-state index in [1.807, 2.05) is 18.3 Å². The first kappa shape index (κ1) is 27.7. The monoisotopic (exact) mass is 584 g/mol. The van der Waals surface area contributed by atoms with E-state index in [-0.39, 0.29) is 29.9 Å². The van der Waals surface area contributed by atoms with Crippen molar-refractivity contribution in [3.63, 3.8) is 0 Å². The number of hydrogen-bond donors (Lipinski definition) is 1. The van der Waals surface area contributed by atoms with Crippen molar-refractivity contribution < 1.29 is 23.9 Å². The molecule has 2 atom stereocenters. The molecule has 4 aliphatic rings. The second kappa shape index (κ2) is 10.9. The Morgan fingerprint density at radius 2 is 1.98 bits per heavy atom. The van der Waals surface area contributed by atoms with Gasteiger partial charge >= 0.3 is 0 Å². The Kier molecular flexibility index (Phi) is 7.01. The highest BCUT2D eigenvalue weighted by Gasteiger charge is 2.39. The topological polar surface area (TPSA) is 117 Å². The average Bonchev–Trinajstić information content (AvgIpc) is 3.55. The van der Waals surface area contributed by atoms with Gasteiger partial charge in [-0.1, -0.05) is 6.07 Å². The van der Waals surface area contributed by atoms with Crippen LogP contribution in [-0.4, -0.2) is 88.0 Å². The average molecular weight is 585 g/mol. The van der Waals surface area contributed by atoms with Crippen LogP contribution in [0.4, 0.5) is 5.95 Å². The Bertz CT molecular complexity index is 1610. The summed E-state index contributed by atoms with van der Waals surface area (Å²) in [6, 6.07) is 11.3. The number of piperidine rings is 1. The number of ether oxygens (including phenoxy) is 2. The summed E-state index contributed by atoms with van der Waals surface area (Å²) in [7, 11) is 0. The van der Waals surface area contributed by atoms with Gasteiger partial charge in [0.2, 0.25) is 17.8 Å². The summed E-state index contributed by atoms with van der Waals surface area (Å²) >= 11 is 0. The van der Waals surface area contributed by atoms with Gasteiger partial charge < -0.3 is 19.3 Å². The largest absolute Gasteiger partial charge is 0.489 e. The van der Waals surface area contributed by atoms with Gasteiger partial charge in [-0.3, -0.25) is 24.6 Å². The third-order valence-electron chi connectivity index (χ3n) is 8.77. The van der Waals surface area contributed by atoms with E-state index in [9.17, 15) is 14.4 Å². The van der Waals surface area contributed by atoms with Crippen LogP contribution in [0.15, 0.2) is 42.6 Å². The Labute approximate surface area is 250 Å². The number of amides is 3. The highest BCUT2D eigenvalue weighted by atomic mass is 16.5. The lowest BCUT2D eigenvalue weighted by Gasteiger charge is -2.38. The molecular formula is C32H36N6O5. The second-order valence-electron chi connectivity index (χ2n) is 12.6. The molecule has 7 rings (SSSR count). The number of nitrogens with one attached hydrogen (secondary N) is 1. The Balaban J connectivity index is 0.957. The molecule has 11 nitrogen and oxygen atoms in total. The van der Waals surface area contributed by atoms with Gasteiger partial charge in [0.25, 0.3) is 5.91 Å². The van der Waals surface area contributed by atoms with Crippen LogP contribution in [-0.2, 0) is 27.4 Å². The minimum atomic E-state index is -0.619. The SMILES string of the molecule is CC1(C)CN(c2ncc3cc(CN4CCC(Oc5ccc6c(c5)CN(C5CCC(=O)NC5=O)C6=O)C4)ccc3n2)CCO1. The first-order valence-corrected chi connectivity index (χ1v) is 15.0. The van der Waals surface area contributed by atoms with E-state index in [1.54, 1.807) is 11.0 Å². The molecule has 0 bridgehead atoms. The lowest BCUT2D eigenvalue weighted by atomic mass is 10.0. The van der Waals surface area contributed by atoms with Crippen LogP contribution in [0.1, 0.15) is 54.6 Å². The van der Waals surface area contributed by atoms with Crippen LogP contribution < -0.4 is 15.0 Å². The molecule has 4 aliphatic heterocycles. The standard InChI is InChI=1S/C32H36N6O5/c1-32(2)19-37(11-12-42-32)31-33-15-21-13-20(3-6-26(21)34-31)16-36-10-9-24(18-36)43-23-4-5-25-22(14-23)17-38(30(25)41)27-7-8-28(39)35-29(27)40/h3-6,13-15,24,27H,7-12,16-19H2,1-2H3,(H,35,39,40). The van der Waals surface area contributed by atoms with Crippen molar-refractivity contribution in [1.29, 1.82) is 0 Å². The van der Waals surface area contributed by atoms with Crippen molar-refractivity contribution in [2.75, 3.05) is 37.7 Å². The van der Waals surface area contributed by atoms with Gasteiger partial charge in [-0.2, -0.15) is 0 Å². The van der Waals surface area contributed by atoms with Gasteiger partial charge in [0, 0.05) is 62.8 Å². The van der Waals surface area contributed by atoms with Crippen LogP contribution in [0.2, 0.25) is 0 Å². The van der Waals surface area contributed by atoms with Crippen molar-refractivity contribution in [2.24, 2.45) is 0 Å². The number of morpholine rings is 1. The van der Waals surface area contributed by atoms with Gasteiger partial charge in [-0.25, -0.2) is 9.97 Å². The van der Waals surface area contributed by atoms with E-state index in [0.29, 0.717) is 25.1 Å². The molecule has 3 amide bonds. The normalized spacial score (nSPS) is 24.0. The maximum atomic E-state index is 13.0. The smallest absolute Gasteiger partial charge is 0.255 e. The van der Waals surface area contributed by atoms with E-state index in [4.69, 9.17) is 14.5 Å². The van der Waals surface area contributed by atoms with Crippen LogP contribution >= 0.6 is 0 Å². The summed E-state index contributed by atoms with van der Waals surface area (Å²) in [5.41, 5.74) is 3.37. The van der Waals surface area contributed by atoms with Gasteiger partial charge in [0.05, 0.1) is 17.7 Å². The summed E-state index contributed by atoms with van der Waals surface area (Å²) < 4.78 is 12.2. The molecule has 0 saturated carbocycles. The van der Waals surface area contributed by atoms with E-state index in [0.717, 1.165) is 67.3 Å². The quantitative estimate of drug-likeness (QED) is 0.437. The molecule has 3 saturated heterocycles. The maximum Gasteiger partial charge on any atom is 0.255 e. The number of aromatic nitrogens is 2. The number of carbonyl (C=O) groups is 3. The fraction of sp³-hybridized carbons (Fsp3) is 0.469. The number of anilines is 1. The maximum absolute atomic E-state index is 13.0. The second-order valence-corrected chi connectivity index (χ2v) is 12.6. The molecular weight excluding hydrogens is 548 g/mol. The van der Waals surface area contributed by atoms with Crippen molar-refractivity contribution in [1.82, 2.24) is 25.1 Å². The molecule has 0 aliphatic carbocycles. The molecule has 3 fully saturated rings. The zero-order chi connectivity index (χ0) is 29.7. The molecule has 2 unspecified atom stereocenters. The molecule has 1 aromatic heterocycles. The van der Waals surface area contributed by atoms with Crippen molar-refractivity contribution >= 4 is 34.6 Å². The Hall–Kier alpha value is -4.09. The van der Waals surface area contributed by atoms with E-state index in [2.05, 4.69) is 52.1 Å². The number of nitrogens with zero attached hydrogens (tertiary/aromatic N) is 5. The van der Waals surface area contributed by atoms with Crippen molar-refractivity contribution in [3.8, 4) is 5.75 Å². The van der Waals surface area contributed by atoms with Gasteiger partial charge in [-0.05, 0) is 68.1 Å². The Morgan fingerprint density at radius 3 is 2.81 bits per heavy atom. The lowest BCUT2D eigenvalue weighted by molar-refractivity contribution is -0.136. The van der Waals surface area contributed by atoms with E-state index < -0.39 is 11.9 Å². The molecule has 1 N–H and O–H groups in total. The summed E-state index contributed by atoms with van der Waals surface area (Å²) in [4.78, 5) is 52.5. The van der Waals surface area contributed by atoms with Gasteiger partial charge in [0.1, 0.15) is 17.9 Å². The summed E-state index contributed by atoms with van der Waals surface area (Å²) in [6.07, 6.45) is 3.47. The van der Waals surface area contributed by atoms with Crippen LogP contribution in [0.25, 0.3) is 10.9 Å². The predicted octanol–water partition coefficient (Wildman–Crippen LogP) is 2.66. The third kappa shape index (κ3) is 5.66.